The van der Waals surface area contributed by atoms with Crippen molar-refractivity contribution in [1.29, 1.82) is 0 Å². The topological polar surface area (TPSA) is 67.4 Å². The molecule has 2 amide bonds. The van der Waals surface area contributed by atoms with Crippen molar-refractivity contribution >= 4 is 23.4 Å². The van der Waals surface area contributed by atoms with Gasteiger partial charge in [0.15, 0.2) is 0 Å². The molecule has 0 aliphatic heterocycles. The van der Waals surface area contributed by atoms with Gasteiger partial charge in [0.1, 0.15) is 11.2 Å². The Bertz CT molecular complexity index is 799. The summed E-state index contributed by atoms with van der Waals surface area (Å²) in [5.74, 6) is 0.404. The van der Waals surface area contributed by atoms with Crippen LogP contribution in [-0.2, 0) is 22.6 Å². The van der Waals surface area contributed by atoms with Crippen LogP contribution in [0.2, 0.25) is 5.02 Å². The van der Waals surface area contributed by atoms with E-state index >= 15 is 0 Å². The maximum Gasteiger partial charge on any atom is 0.235 e. The highest BCUT2D eigenvalue weighted by Gasteiger charge is 2.56. The summed E-state index contributed by atoms with van der Waals surface area (Å²) >= 11 is 5.86. The minimum atomic E-state index is -0.910. The van der Waals surface area contributed by atoms with Crippen LogP contribution < -0.4 is 15.4 Å². The summed E-state index contributed by atoms with van der Waals surface area (Å²) in [6, 6.07) is 15.0. The first-order chi connectivity index (χ1) is 13.0. The van der Waals surface area contributed by atoms with Gasteiger partial charge in [-0.25, -0.2) is 0 Å². The van der Waals surface area contributed by atoms with E-state index in [1.165, 1.54) is 0 Å². The van der Waals surface area contributed by atoms with E-state index < -0.39 is 5.41 Å². The van der Waals surface area contributed by atoms with Crippen molar-refractivity contribution in [2.75, 3.05) is 13.7 Å². The Morgan fingerprint density at radius 2 is 1.56 bits per heavy atom. The zero-order valence-corrected chi connectivity index (χ0v) is 16.0. The van der Waals surface area contributed by atoms with E-state index in [9.17, 15) is 9.59 Å². The molecule has 2 N–H and O–H groups in total. The standard InChI is InChI=1S/C21H23ClN2O3/c1-27-18-8-4-15(5-9-18)10-13-23-19(25)21(11-12-21)20(26)24-14-16-2-6-17(22)7-3-16/h2-9H,10-14H2,1H3,(H,23,25)(H,24,26). The van der Waals surface area contributed by atoms with Crippen molar-refractivity contribution in [2.45, 2.75) is 25.8 Å². The SMILES string of the molecule is COc1ccc(CCNC(=O)C2(C(=O)NCc3ccc(Cl)cc3)CC2)cc1. The Balaban J connectivity index is 1.46. The van der Waals surface area contributed by atoms with Crippen molar-refractivity contribution < 1.29 is 14.3 Å². The summed E-state index contributed by atoms with van der Waals surface area (Å²) in [5.41, 5.74) is 1.14. The molecule has 5 nitrogen and oxygen atoms in total. The van der Waals surface area contributed by atoms with Gasteiger partial charge in [0.25, 0.3) is 0 Å². The lowest BCUT2D eigenvalue weighted by atomic mass is 10.0. The molecule has 1 aliphatic carbocycles. The Morgan fingerprint density at radius 3 is 2.15 bits per heavy atom. The molecule has 27 heavy (non-hydrogen) atoms. The largest absolute Gasteiger partial charge is 0.497 e. The van der Waals surface area contributed by atoms with E-state index in [1.807, 2.05) is 36.4 Å². The van der Waals surface area contributed by atoms with Gasteiger partial charge in [-0.3, -0.25) is 9.59 Å². The number of amides is 2. The van der Waals surface area contributed by atoms with Crippen molar-refractivity contribution in [3.05, 3.63) is 64.7 Å². The molecule has 1 fully saturated rings. The number of carbonyl (C=O) groups is 2. The van der Waals surface area contributed by atoms with Crippen molar-refractivity contribution in [3.8, 4) is 5.75 Å². The molecule has 0 unspecified atom stereocenters. The van der Waals surface area contributed by atoms with Crippen LogP contribution in [0.4, 0.5) is 0 Å². The Kier molecular flexibility index (Phi) is 6.01. The van der Waals surface area contributed by atoms with Gasteiger partial charge in [-0.1, -0.05) is 35.9 Å². The fourth-order valence-electron chi connectivity index (χ4n) is 2.92. The van der Waals surface area contributed by atoms with Gasteiger partial charge < -0.3 is 15.4 Å². The molecule has 0 saturated heterocycles. The van der Waals surface area contributed by atoms with E-state index in [0.29, 0.717) is 37.4 Å². The molecule has 1 saturated carbocycles. The number of ether oxygens (including phenoxy) is 1. The number of nitrogens with one attached hydrogen (secondary N) is 2. The van der Waals surface area contributed by atoms with E-state index in [1.54, 1.807) is 19.2 Å². The minimum absolute atomic E-state index is 0.190. The third kappa shape index (κ3) is 4.80. The number of halogens is 1. The molecule has 0 bridgehead atoms. The monoisotopic (exact) mass is 386 g/mol. The number of methoxy groups -OCH3 is 1. The van der Waals surface area contributed by atoms with Crippen LogP contribution in [0.25, 0.3) is 0 Å². The number of benzene rings is 2. The zero-order chi connectivity index (χ0) is 19.3. The van der Waals surface area contributed by atoms with Crippen molar-refractivity contribution in [3.63, 3.8) is 0 Å². The molecule has 1 aliphatic rings. The first-order valence-electron chi connectivity index (χ1n) is 8.97. The van der Waals surface area contributed by atoms with E-state index in [0.717, 1.165) is 16.9 Å². The van der Waals surface area contributed by atoms with Gasteiger partial charge >= 0.3 is 0 Å². The Morgan fingerprint density at radius 1 is 0.963 bits per heavy atom. The molecule has 0 heterocycles. The van der Waals surface area contributed by atoms with Crippen LogP contribution >= 0.6 is 11.6 Å². The minimum Gasteiger partial charge on any atom is -0.497 e. The summed E-state index contributed by atoms with van der Waals surface area (Å²) in [6.45, 7) is 0.883. The molecule has 3 rings (SSSR count). The third-order valence-corrected chi connectivity index (χ3v) is 5.10. The first-order valence-corrected chi connectivity index (χ1v) is 9.35. The van der Waals surface area contributed by atoms with Crippen LogP contribution in [0, 0.1) is 5.41 Å². The predicted molar refractivity (Wildman–Crippen MR) is 105 cm³/mol. The van der Waals surface area contributed by atoms with Crippen molar-refractivity contribution in [1.82, 2.24) is 10.6 Å². The lowest BCUT2D eigenvalue weighted by molar-refractivity contribution is -0.137. The molecule has 2 aromatic carbocycles. The van der Waals surface area contributed by atoms with Crippen LogP contribution in [0.3, 0.4) is 0 Å². The normalized spacial score (nSPS) is 14.3. The lowest BCUT2D eigenvalue weighted by Gasteiger charge is -2.15. The molecular formula is C21H23ClN2O3. The number of hydrogen-bond acceptors (Lipinski definition) is 3. The molecule has 0 aromatic heterocycles. The average Bonchev–Trinajstić information content (AvgIpc) is 3.50. The van der Waals surface area contributed by atoms with Crippen LogP contribution in [-0.4, -0.2) is 25.5 Å². The first kappa shape index (κ1) is 19.2. The maximum atomic E-state index is 12.5. The Labute approximate surface area is 164 Å². The molecule has 2 aromatic rings. The van der Waals surface area contributed by atoms with Gasteiger partial charge in [-0.15, -0.1) is 0 Å². The molecular weight excluding hydrogens is 364 g/mol. The quantitative estimate of drug-likeness (QED) is 0.685. The van der Waals surface area contributed by atoms with Gasteiger partial charge in [0, 0.05) is 18.1 Å². The summed E-state index contributed by atoms with van der Waals surface area (Å²) in [4.78, 5) is 25.0. The maximum absolute atomic E-state index is 12.5. The van der Waals surface area contributed by atoms with Gasteiger partial charge in [-0.05, 0) is 54.7 Å². The highest BCUT2D eigenvalue weighted by atomic mass is 35.5. The fraction of sp³-hybridized carbons (Fsp3) is 0.333. The van der Waals surface area contributed by atoms with Gasteiger partial charge in [-0.2, -0.15) is 0 Å². The summed E-state index contributed by atoms with van der Waals surface area (Å²) in [7, 11) is 1.63. The molecule has 142 valence electrons. The lowest BCUT2D eigenvalue weighted by Crippen LogP contribution is -2.43. The number of carbonyl (C=O) groups excluding carboxylic acids is 2. The van der Waals surface area contributed by atoms with Gasteiger partial charge in [0.05, 0.1) is 7.11 Å². The number of hydrogen-bond donors (Lipinski definition) is 2. The highest BCUT2D eigenvalue weighted by molar-refractivity contribution is 6.30. The second kappa shape index (κ2) is 8.44. The Hall–Kier alpha value is -2.53. The van der Waals surface area contributed by atoms with Crippen molar-refractivity contribution in [2.24, 2.45) is 5.41 Å². The van der Waals surface area contributed by atoms with Crippen LogP contribution in [0.5, 0.6) is 5.75 Å². The second-order valence-electron chi connectivity index (χ2n) is 6.75. The molecule has 0 radical (unpaired) electrons. The highest BCUT2D eigenvalue weighted by Crippen LogP contribution is 2.46. The van der Waals surface area contributed by atoms with Crippen LogP contribution in [0.1, 0.15) is 24.0 Å². The molecule has 0 atom stereocenters. The predicted octanol–water partition coefficient (Wildman–Crippen LogP) is 3.10. The van der Waals surface area contributed by atoms with E-state index in [4.69, 9.17) is 16.3 Å². The van der Waals surface area contributed by atoms with E-state index in [-0.39, 0.29) is 11.8 Å². The van der Waals surface area contributed by atoms with Crippen LogP contribution in [0.15, 0.2) is 48.5 Å². The smallest absolute Gasteiger partial charge is 0.235 e. The van der Waals surface area contributed by atoms with Gasteiger partial charge in [0.2, 0.25) is 11.8 Å². The third-order valence-electron chi connectivity index (χ3n) is 4.84. The average molecular weight is 387 g/mol. The summed E-state index contributed by atoms with van der Waals surface area (Å²) in [5, 5.41) is 6.42. The second-order valence-corrected chi connectivity index (χ2v) is 7.18. The summed E-state index contributed by atoms with van der Waals surface area (Å²) < 4.78 is 5.13. The number of rotatable bonds is 8. The molecule has 0 spiro atoms. The van der Waals surface area contributed by atoms with E-state index in [2.05, 4.69) is 10.6 Å². The molecule has 6 heteroatoms. The summed E-state index contributed by atoms with van der Waals surface area (Å²) in [6.07, 6.45) is 1.89. The zero-order valence-electron chi connectivity index (χ0n) is 15.3. The fourth-order valence-corrected chi connectivity index (χ4v) is 3.04.